The Morgan fingerprint density at radius 1 is 1.67 bits per heavy atom. The topological polar surface area (TPSA) is 7.60 Å². The van der Waals surface area contributed by atoms with E-state index in [0.717, 1.165) is 13.1 Å². The minimum Gasteiger partial charge on any atom is -0.314 e. The molecule has 1 aliphatic heterocycles. The summed E-state index contributed by atoms with van der Waals surface area (Å²) in [6.45, 7) is 11.0. The number of nitrogens with zero attached hydrogens (tertiary/aromatic N) is 2. The van der Waals surface area contributed by atoms with Crippen molar-refractivity contribution in [2.45, 2.75) is 13.0 Å². The lowest BCUT2D eigenvalue weighted by atomic mass is 9.94. The first-order chi connectivity index (χ1) is 4.24. The van der Waals surface area contributed by atoms with Gasteiger partial charge in [0.1, 0.15) is 0 Å². The Morgan fingerprint density at radius 3 is 2.56 bits per heavy atom. The summed E-state index contributed by atoms with van der Waals surface area (Å²) in [5, 5.41) is 0. The fraction of sp³-hybridized carbons (Fsp3) is 0.857. The zero-order valence-electron chi connectivity index (χ0n) is 5.96. The Hall–Kier alpha value is -0.550. The maximum atomic E-state index is 6.75. The molecule has 1 aliphatic rings. The van der Waals surface area contributed by atoms with Gasteiger partial charge in [-0.15, -0.1) is 0 Å². The van der Waals surface area contributed by atoms with Crippen molar-refractivity contribution >= 4 is 0 Å². The monoisotopic (exact) mass is 124 g/mol. The highest BCUT2D eigenvalue weighted by molar-refractivity contribution is 4.90. The van der Waals surface area contributed by atoms with E-state index >= 15 is 0 Å². The number of rotatable bonds is 1. The average Bonchev–Trinajstić information content (AvgIpc) is 1.79. The lowest BCUT2D eigenvalue weighted by molar-refractivity contribution is 0.126. The molecule has 0 N–H and O–H groups in total. The molecule has 50 valence electrons. The van der Waals surface area contributed by atoms with E-state index in [9.17, 15) is 0 Å². The predicted octanol–water partition coefficient (Wildman–Crippen LogP) is 0.856. The minimum absolute atomic E-state index is 0.237. The third-order valence-corrected chi connectivity index (χ3v) is 1.98. The van der Waals surface area contributed by atoms with Crippen LogP contribution in [0.3, 0.4) is 0 Å². The van der Waals surface area contributed by atoms with Crippen LogP contribution in [-0.2, 0) is 0 Å². The molecule has 1 atom stereocenters. The second kappa shape index (κ2) is 2.36. The van der Waals surface area contributed by atoms with E-state index in [4.69, 9.17) is 6.57 Å². The van der Waals surface area contributed by atoms with E-state index < -0.39 is 0 Å². The summed E-state index contributed by atoms with van der Waals surface area (Å²) in [7, 11) is 2.09. The van der Waals surface area contributed by atoms with Gasteiger partial charge in [-0.2, -0.15) is 0 Å². The van der Waals surface area contributed by atoms with Crippen molar-refractivity contribution in [1.82, 2.24) is 4.90 Å². The standard InChI is InChI=1S/C7H12N2/c1-6(8-2)7-4-9(3)5-7/h6-7H,4-5H2,1,3H3/t6-/m0/s1. The van der Waals surface area contributed by atoms with Gasteiger partial charge in [0.2, 0.25) is 6.04 Å². The Kier molecular flexibility index (Phi) is 1.73. The van der Waals surface area contributed by atoms with E-state index in [0.29, 0.717) is 5.92 Å². The Balaban J connectivity index is 2.25. The molecule has 1 rings (SSSR count). The summed E-state index contributed by atoms with van der Waals surface area (Å²) in [5.41, 5.74) is 0. The zero-order chi connectivity index (χ0) is 6.85. The molecule has 0 aromatic heterocycles. The SMILES string of the molecule is [C-]#[N+][C@@H](C)C1CN(C)C1. The number of hydrogen-bond acceptors (Lipinski definition) is 1. The smallest absolute Gasteiger partial charge is 0.226 e. The first kappa shape index (κ1) is 6.57. The fourth-order valence-corrected chi connectivity index (χ4v) is 1.16. The largest absolute Gasteiger partial charge is 0.314 e. The molecule has 0 radical (unpaired) electrons. The quantitative estimate of drug-likeness (QED) is 0.470. The van der Waals surface area contributed by atoms with Gasteiger partial charge in [0.25, 0.3) is 0 Å². The number of likely N-dealkylation sites (tertiary alicyclic amines) is 1. The van der Waals surface area contributed by atoms with Crippen molar-refractivity contribution in [3.8, 4) is 0 Å². The van der Waals surface area contributed by atoms with Crippen molar-refractivity contribution in [2.24, 2.45) is 5.92 Å². The molecule has 2 nitrogen and oxygen atoms in total. The average molecular weight is 124 g/mol. The second-order valence-electron chi connectivity index (χ2n) is 2.85. The van der Waals surface area contributed by atoms with Gasteiger partial charge in [-0.1, -0.05) is 0 Å². The van der Waals surface area contributed by atoms with Crippen LogP contribution in [0.25, 0.3) is 4.85 Å². The van der Waals surface area contributed by atoms with Crippen molar-refractivity contribution in [2.75, 3.05) is 20.1 Å². The molecule has 0 aromatic carbocycles. The molecule has 1 saturated heterocycles. The molecule has 0 unspecified atom stereocenters. The van der Waals surface area contributed by atoms with Gasteiger partial charge in [0.15, 0.2) is 0 Å². The lowest BCUT2D eigenvalue weighted by Gasteiger charge is -2.35. The first-order valence-electron chi connectivity index (χ1n) is 3.29. The van der Waals surface area contributed by atoms with Crippen molar-refractivity contribution in [1.29, 1.82) is 0 Å². The van der Waals surface area contributed by atoms with Gasteiger partial charge >= 0.3 is 0 Å². The maximum Gasteiger partial charge on any atom is 0.226 e. The highest BCUT2D eigenvalue weighted by Gasteiger charge is 2.31. The Morgan fingerprint density at radius 2 is 2.22 bits per heavy atom. The van der Waals surface area contributed by atoms with Gasteiger partial charge in [0.05, 0.1) is 5.92 Å². The van der Waals surface area contributed by atoms with Crippen LogP contribution in [0.15, 0.2) is 0 Å². The fourth-order valence-electron chi connectivity index (χ4n) is 1.16. The van der Waals surface area contributed by atoms with Crippen LogP contribution in [0.2, 0.25) is 0 Å². The van der Waals surface area contributed by atoms with Gasteiger partial charge in [-0.05, 0) is 7.05 Å². The molecule has 0 aliphatic carbocycles. The Bertz CT molecular complexity index is 130. The molecule has 0 saturated carbocycles. The zero-order valence-corrected chi connectivity index (χ0v) is 5.96. The molecule has 2 heteroatoms. The second-order valence-corrected chi connectivity index (χ2v) is 2.85. The molecule has 0 spiro atoms. The normalized spacial score (nSPS) is 24.6. The van der Waals surface area contributed by atoms with Gasteiger partial charge in [-0.25, -0.2) is 6.57 Å². The number of hydrogen-bond donors (Lipinski definition) is 0. The molecule has 0 bridgehead atoms. The van der Waals surface area contributed by atoms with E-state index in [2.05, 4.69) is 16.8 Å². The summed E-state index contributed by atoms with van der Waals surface area (Å²) in [5.74, 6) is 0.646. The summed E-state index contributed by atoms with van der Waals surface area (Å²) < 4.78 is 0. The van der Waals surface area contributed by atoms with Crippen LogP contribution in [-0.4, -0.2) is 31.1 Å². The van der Waals surface area contributed by atoms with Crippen LogP contribution in [0.5, 0.6) is 0 Å². The highest BCUT2D eigenvalue weighted by atomic mass is 15.2. The van der Waals surface area contributed by atoms with Crippen LogP contribution >= 0.6 is 0 Å². The minimum atomic E-state index is 0.237. The van der Waals surface area contributed by atoms with Gasteiger partial charge in [-0.3, -0.25) is 0 Å². The summed E-state index contributed by atoms with van der Waals surface area (Å²) in [6, 6.07) is 0.237. The van der Waals surface area contributed by atoms with Crippen molar-refractivity contribution < 1.29 is 0 Å². The third kappa shape index (κ3) is 1.22. The van der Waals surface area contributed by atoms with E-state index in [1.165, 1.54) is 0 Å². The van der Waals surface area contributed by atoms with Crippen molar-refractivity contribution in [3.63, 3.8) is 0 Å². The lowest BCUT2D eigenvalue weighted by Crippen LogP contribution is -2.47. The third-order valence-electron chi connectivity index (χ3n) is 1.98. The summed E-state index contributed by atoms with van der Waals surface area (Å²) in [4.78, 5) is 5.71. The predicted molar refractivity (Wildman–Crippen MR) is 37.1 cm³/mol. The molecule has 9 heavy (non-hydrogen) atoms. The van der Waals surface area contributed by atoms with Gasteiger partial charge in [0, 0.05) is 20.0 Å². The first-order valence-corrected chi connectivity index (χ1v) is 3.29. The maximum absolute atomic E-state index is 6.75. The molecule has 0 amide bonds. The summed E-state index contributed by atoms with van der Waals surface area (Å²) >= 11 is 0. The highest BCUT2D eigenvalue weighted by Crippen LogP contribution is 2.18. The van der Waals surface area contributed by atoms with Crippen LogP contribution in [0, 0.1) is 12.5 Å². The Labute approximate surface area is 56.3 Å². The van der Waals surface area contributed by atoms with Crippen LogP contribution < -0.4 is 0 Å². The molecule has 1 heterocycles. The molecular weight excluding hydrogens is 112 g/mol. The molecule has 0 aromatic rings. The van der Waals surface area contributed by atoms with E-state index in [1.54, 1.807) is 0 Å². The molecular formula is C7H12N2. The molecule has 1 fully saturated rings. The summed E-state index contributed by atoms with van der Waals surface area (Å²) in [6.07, 6.45) is 0. The van der Waals surface area contributed by atoms with Gasteiger partial charge < -0.3 is 9.74 Å². The van der Waals surface area contributed by atoms with E-state index in [-0.39, 0.29) is 6.04 Å². The van der Waals surface area contributed by atoms with E-state index in [1.807, 2.05) is 6.92 Å². The van der Waals surface area contributed by atoms with Crippen LogP contribution in [0.4, 0.5) is 0 Å². The van der Waals surface area contributed by atoms with Crippen molar-refractivity contribution in [3.05, 3.63) is 11.4 Å². The van der Waals surface area contributed by atoms with Crippen LogP contribution in [0.1, 0.15) is 6.92 Å².